The number of aromatic nitrogens is 3. The molecular formula is C22H28BrN7O2S. The molecule has 0 spiro atoms. The monoisotopic (exact) mass is 533 g/mol. The van der Waals surface area contributed by atoms with Gasteiger partial charge in [-0.05, 0) is 78.7 Å². The van der Waals surface area contributed by atoms with Crippen LogP contribution < -0.4 is 16.4 Å². The molecule has 2 fully saturated rings. The van der Waals surface area contributed by atoms with Crippen LogP contribution in [0.4, 0.5) is 17.3 Å². The smallest absolute Gasteiger partial charge is 0.243 e. The summed E-state index contributed by atoms with van der Waals surface area (Å²) in [5.74, 6) is 1.50. The third kappa shape index (κ3) is 4.72. The number of hydrogen-bond acceptors (Lipinski definition) is 7. The molecule has 1 aliphatic carbocycles. The molecule has 2 aromatic heterocycles. The van der Waals surface area contributed by atoms with Crippen LogP contribution in [-0.2, 0) is 10.0 Å². The Morgan fingerprint density at radius 3 is 2.45 bits per heavy atom. The zero-order valence-corrected chi connectivity index (χ0v) is 20.6. The molecule has 0 amide bonds. The van der Waals surface area contributed by atoms with E-state index < -0.39 is 10.0 Å². The molecule has 3 heterocycles. The number of nitrogens with two attached hydrogens (primary N) is 1. The standard InChI is InChI=1S/C22H28BrN7O2S/c23-19-14-25-30-21(13-20(28-22(19)30)26-16-5-3-15(24)4-6-16)27-17-7-9-18(10-8-17)33(31,32)29-11-1-2-12-29/h7-10,13-16,27H,1-6,11-12,24H2,(H,26,28)/t15-,16+. The van der Waals surface area contributed by atoms with E-state index in [-0.39, 0.29) is 6.04 Å². The van der Waals surface area contributed by atoms with Gasteiger partial charge in [0.05, 0.1) is 15.6 Å². The maximum atomic E-state index is 12.8. The summed E-state index contributed by atoms with van der Waals surface area (Å²) in [6.07, 6.45) is 7.60. The summed E-state index contributed by atoms with van der Waals surface area (Å²) in [6, 6.07) is 9.42. The molecule has 176 valence electrons. The fourth-order valence-electron chi connectivity index (χ4n) is 4.51. The van der Waals surface area contributed by atoms with Gasteiger partial charge in [-0.2, -0.15) is 13.9 Å². The zero-order chi connectivity index (χ0) is 23.0. The second-order valence-electron chi connectivity index (χ2n) is 8.77. The molecule has 1 saturated carbocycles. The predicted molar refractivity (Wildman–Crippen MR) is 132 cm³/mol. The van der Waals surface area contributed by atoms with Crippen LogP contribution in [-0.4, -0.2) is 52.5 Å². The molecule has 0 radical (unpaired) electrons. The summed E-state index contributed by atoms with van der Waals surface area (Å²) in [4.78, 5) is 5.04. The van der Waals surface area contributed by atoms with E-state index in [9.17, 15) is 8.42 Å². The quantitative estimate of drug-likeness (QED) is 0.442. The van der Waals surface area contributed by atoms with Crippen LogP contribution >= 0.6 is 15.9 Å². The van der Waals surface area contributed by atoms with Crippen molar-refractivity contribution in [2.45, 2.75) is 55.5 Å². The lowest BCUT2D eigenvalue weighted by atomic mass is 9.92. The number of nitrogens with one attached hydrogen (secondary N) is 2. The van der Waals surface area contributed by atoms with E-state index in [4.69, 9.17) is 10.7 Å². The summed E-state index contributed by atoms with van der Waals surface area (Å²) in [5, 5.41) is 11.3. The van der Waals surface area contributed by atoms with Gasteiger partial charge < -0.3 is 16.4 Å². The van der Waals surface area contributed by atoms with Gasteiger partial charge in [0.1, 0.15) is 11.6 Å². The lowest BCUT2D eigenvalue weighted by Gasteiger charge is -2.27. The largest absolute Gasteiger partial charge is 0.367 e. The Bertz CT molecular complexity index is 1230. The Labute approximate surface area is 201 Å². The van der Waals surface area contributed by atoms with Gasteiger partial charge in [-0.25, -0.2) is 13.4 Å². The van der Waals surface area contributed by atoms with Crippen molar-refractivity contribution >= 4 is 48.9 Å². The minimum atomic E-state index is -3.43. The molecular weight excluding hydrogens is 506 g/mol. The first-order valence-electron chi connectivity index (χ1n) is 11.3. The van der Waals surface area contributed by atoms with E-state index in [1.165, 1.54) is 0 Å². The Morgan fingerprint density at radius 2 is 1.76 bits per heavy atom. The summed E-state index contributed by atoms with van der Waals surface area (Å²) < 4.78 is 29.7. The Hall–Kier alpha value is -2.21. The summed E-state index contributed by atoms with van der Waals surface area (Å²) >= 11 is 3.53. The Balaban J connectivity index is 1.39. The molecule has 5 rings (SSSR count). The topological polar surface area (TPSA) is 118 Å². The SMILES string of the molecule is N[C@H]1CC[C@@H](Nc2cc(Nc3ccc(S(=O)(=O)N4CCCC4)cc3)n3ncc(Br)c3n2)CC1. The Morgan fingerprint density at radius 1 is 1.06 bits per heavy atom. The van der Waals surface area contributed by atoms with Crippen LogP contribution in [0.25, 0.3) is 5.65 Å². The number of halogens is 1. The zero-order valence-electron chi connectivity index (χ0n) is 18.2. The van der Waals surface area contributed by atoms with Gasteiger partial charge >= 0.3 is 0 Å². The van der Waals surface area contributed by atoms with Crippen molar-refractivity contribution < 1.29 is 8.42 Å². The van der Waals surface area contributed by atoms with Gasteiger partial charge in [-0.3, -0.25) is 0 Å². The van der Waals surface area contributed by atoms with Crippen LogP contribution in [0.5, 0.6) is 0 Å². The van der Waals surface area contributed by atoms with Gasteiger partial charge in [-0.15, -0.1) is 0 Å². The van der Waals surface area contributed by atoms with E-state index in [1.807, 2.05) is 6.07 Å². The van der Waals surface area contributed by atoms with Crippen molar-refractivity contribution in [3.63, 3.8) is 0 Å². The number of nitrogens with zero attached hydrogens (tertiary/aromatic N) is 4. The van der Waals surface area contributed by atoms with Crippen LogP contribution in [0, 0.1) is 0 Å². The Kier molecular flexibility index (Phi) is 6.30. The maximum Gasteiger partial charge on any atom is 0.243 e. The summed E-state index contributed by atoms with van der Waals surface area (Å²) in [7, 11) is -3.43. The van der Waals surface area contributed by atoms with Crippen LogP contribution in [0.3, 0.4) is 0 Å². The number of sulfonamides is 1. The van der Waals surface area contributed by atoms with Gasteiger partial charge in [0, 0.05) is 36.9 Å². The van der Waals surface area contributed by atoms with E-state index in [1.54, 1.807) is 39.3 Å². The first-order valence-corrected chi connectivity index (χ1v) is 13.6. The summed E-state index contributed by atoms with van der Waals surface area (Å²) in [5.41, 5.74) is 7.51. The number of anilines is 3. The number of rotatable bonds is 6. The van der Waals surface area contributed by atoms with E-state index in [0.29, 0.717) is 29.7 Å². The van der Waals surface area contributed by atoms with Crippen molar-refractivity contribution in [1.29, 1.82) is 0 Å². The second-order valence-corrected chi connectivity index (χ2v) is 11.6. The van der Waals surface area contributed by atoms with Gasteiger partial charge in [0.15, 0.2) is 5.65 Å². The lowest BCUT2D eigenvalue weighted by molar-refractivity contribution is 0.410. The lowest BCUT2D eigenvalue weighted by Crippen LogP contribution is -2.33. The molecule has 1 aromatic carbocycles. The first kappa shape index (κ1) is 22.6. The highest BCUT2D eigenvalue weighted by molar-refractivity contribution is 9.10. The van der Waals surface area contributed by atoms with Crippen molar-refractivity contribution in [2.24, 2.45) is 5.73 Å². The van der Waals surface area contributed by atoms with E-state index in [0.717, 1.165) is 60.3 Å². The molecule has 1 saturated heterocycles. The molecule has 9 nitrogen and oxygen atoms in total. The molecule has 0 unspecified atom stereocenters. The number of fused-ring (bicyclic) bond motifs is 1. The number of benzene rings is 1. The molecule has 0 atom stereocenters. The highest BCUT2D eigenvalue weighted by atomic mass is 79.9. The minimum absolute atomic E-state index is 0.289. The van der Waals surface area contributed by atoms with E-state index >= 15 is 0 Å². The molecule has 33 heavy (non-hydrogen) atoms. The van der Waals surface area contributed by atoms with Crippen molar-refractivity contribution in [3.05, 3.63) is 41.0 Å². The van der Waals surface area contributed by atoms with Crippen LogP contribution in [0.2, 0.25) is 0 Å². The van der Waals surface area contributed by atoms with Crippen molar-refractivity contribution in [1.82, 2.24) is 18.9 Å². The van der Waals surface area contributed by atoms with Gasteiger partial charge in [-0.1, -0.05) is 0 Å². The maximum absolute atomic E-state index is 12.8. The number of hydrogen-bond donors (Lipinski definition) is 3. The van der Waals surface area contributed by atoms with Gasteiger partial charge in [0.2, 0.25) is 10.0 Å². The fraction of sp³-hybridized carbons (Fsp3) is 0.455. The predicted octanol–water partition coefficient (Wildman–Crippen LogP) is 3.70. The van der Waals surface area contributed by atoms with Crippen LogP contribution in [0.1, 0.15) is 38.5 Å². The van der Waals surface area contributed by atoms with E-state index in [2.05, 4.69) is 31.7 Å². The first-order chi connectivity index (χ1) is 15.9. The molecule has 3 aromatic rings. The third-order valence-electron chi connectivity index (χ3n) is 6.38. The van der Waals surface area contributed by atoms with Gasteiger partial charge in [0.25, 0.3) is 0 Å². The average molecular weight is 534 g/mol. The molecule has 11 heteroatoms. The highest BCUT2D eigenvalue weighted by Gasteiger charge is 2.27. The fourth-order valence-corrected chi connectivity index (χ4v) is 6.37. The molecule has 0 bridgehead atoms. The van der Waals surface area contributed by atoms with Crippen molar-refractivity contribution in [2.75, 3.05) is 23.7 Å². The third-order valence-corrected chi connectivity index (χ3v) is 8.85. The average Bonchev–Trinajstić information content (AvgIpc) is 3.47. The normalized spacial score (nSPS) is 22.0. The highest BCUT2D eigenvalue weighted by Crippen LogP contribution is 2.28. The van der Waals surface area contributed by atoms with Crippen LogP contribution in [0.15, 0.2) is 45.9 Å². The molecule has 4 N–H and O–H groups in total. The second kappa shape index (κ2) is 9.21. The minimum Gasteiger partial charge on any atom is -0.367 e. The molecule has 2 aliphatic rings. The molecule has 1 aliphatic heterocycles. The summed E-state index contributed by atoms with van der Waals surface area (Å²) in [6.45, 7) is 1.18. The van der Waals surface area contributed by atoms with Crippen molar-refractivity contribution in [3.8, 4) is 0 Å².